The maximum atomic E-state index is 12.8. The van der Waals surface area contributed by atoms with Crippen molar-refractivity contribution in [1.82, 2.24) is 9.80 Å². The maximum absolute atomic E-state index is 12.8. The van der Waals surface area contributed by atoms with Gasteiger partial charge in [-0.2, -0.15) is 0 Å². The van der Waals surface area contributed by atoms with Gasteiger partial charge < -0.3 is 10.0 Å². The summed E-state index contributed by atoms with van der Waals surface area (Å²) in [5, 5.41) is 9.28. The van der Waals surface area contributed by atoms with Gasteiger partial charge in [0.25, 0.3) is 0 Å². The van der Waals surface area contributed by atoms with E-state index in [0.29, 0.717) is 6.04 Å². The van der Waals surface area contributed by atoms with Crippen molar-refractivity contribution in [3.63, 3.8) is 0 Å². The lowest BCUT2D eigenvalue weighted by Gasteiger charge is -2.47. The molecule has 1 aliphatic carbocycles. The molecule has 0 bridgehead atoms. The van der Waals surface area contributed by atoms with Crippen molar-refractivity contribution in [3.8, 4) is 0 Å². The van der Waals surface area contributed by atoms with Crippen LogP contribution in [0.1, 0.15) is 40.0 Å². The number of fused-ring (bicyclic) bond motifs is 1. The number of aliphatic carboxylic acids is 1. The summed E-state index contributed by atoms with van der Waals surface area (Å²) in [5.74, 6) is -1.62. The van der Waals surface area contributed by atoms with Crippen molar-refractivity contribution in [2.24, 2.45) is 17.3 Å². The molecule has 1 saturated carbocycles. The van der Waals surface area contributed by atoms with E-state index < -0.39 is 17.3 Å². The minimum absolute atomic E-state index is 0.0603. The van der Waals surface area contributed by atoms with Gasteiger partial charge >= 0.3 is 5.97 Å². The topological polar surface area (TPSA) is 60.9 Å². The van der Waals surface area contributed by atoms with E-state index in [4.69, 9.17) is 0 Å². The Hall–Kier alpha value is -1.10. The number of carboxylic acid groups (broad SMARTS) is 1. The summed E-state index contributed by atoms with van der Waals surface area (Å²) in [6.07, 6.45) is 3.66. The fourth-order valence-electron chi connectivity index (χ4n) is 4.40. The standard InChI is InChI=1S/C16H26N2O3/c1-10-8-17-7-5-4-6-11(17)9-18(10)14(19)12-13(15(20)21)16(12,2)3/h10-13H,4-9H2,1-3H3,(H,20,21)/t10?,11?,12-,13+/m1/s1. The smallest absolute Gasteiger partial charge is 0.307 e. The third-order valence-electron chi connectivity index (χ3n) is 5.83. The molecule has 5 nitrogen and oxygen atoms in total. The molecule has 0 aromatic rings. The molecule has 118 valence electrons. The number of hydrogen-bond acceptors (Lipinski definition) is 3. The molecule has 5 heteroatoms. The van der Waals surface area contributed by atoms with Crippen LogP contribution in [0, 0.1) is 17.3 Å². The van der Waals surface area contributed by atoms with Crippen molar-refractivity contribution >= 4 is 11.9 Å². The zero-order valence-electron chi connectivity index (χ0n) is 13.2. The largest absolute Gasteiger partial charge is 0.481 e. The molecule has 2 aliphatic heterocycles. The molecule has 2 heterocycles. The maximum Gasteiger partial charge on any atom is 0.307 e. The van der Waals surface area contributed by atoms with Crippen LogP contribution >= 0.6 is 0 Å². The number of piperidine rings is 1. The first-order valence-corrected chi connectivity index (χ1v) is 8.11. The fourth-order valence-corrected chi connectivity index (χ4v) is 4.40. The Morgan fingerprint density at radius 3 is 2.48 bits per heavy atom. The summed E-state index contributed by atoms with van der Waals surface area (Å²) in [7, 11) is 0. The van der Waals surface area contributed by atoms with E-state index in [2.05, 4.69) is 11.8 Å². The first-order valence-electron chi connectivity index (χ1n) is 8.11. The van der Waals surface area contributed by atoms with E-state index in [-0.39, 0.29) is 17.9 Å². The Balaban J connectivity index is 1.72. The molecule has 3 aliphatic rings. The summed E-state index contributed by atoms with van der Waals surface area (Å²) in [6, 6.07) is 0.668. The second-order valence-corrected chi connectivity index (χ2v) is 7.60. The van der Waals surface area contributed by atoms with Gasteiger partial charge in [0.05, 0.1) is 11.8 Å². The first kappa shape index (κ1) is 14.8. The number of piperazine rings is 1. The van der Waals surface area contributed by atoms with E-state index in [1.54, 1.807) is 0 Å². The Kier molecular flexibility index (Phi) is 3.51. The molecule has 0 spiro atoms. The van der Waals surface area contributed by atoms with Crippen LogP contribution in [0.2, 0.25) is 0 Å². The Morgan fingerprint density at radius 2 is 1.86 bits per heavy atom. The lowest BCUT2D eigenvalue weighted by Crippen LogP contribution is -2.60. The van der Waals surface area contributed by atoms with E-state index >= 15 is 0 Å². The number of rotatable bonds is 2. The summed E-state index contributed by atoms with van der Waals surface area (Å²) in [4.78, 5) is 28.6. The third kappa shape index (κ3) is 2.35. The molecule has 1 N–H and O–H groups in total. The highest BCUT2D eigenvalue weighted by Crippen LogP contribution is 2.59. The fraction of sp³-hybridized carbons (Fsp3) is 0.875. The molecule has 3 rings (SSSR count). The molecule has 0 aromatic carbocycles. The minimum Gasteiger partial charge on any atom is -0.481 e. The molecule has 0 aromatic heterocycles. The van der Waals surface area contributed by atoms with Gasteiger partial charge in [-0.1, -0.05) is 20.3 Å². The summed E-state index contributed by atoms with van der Waals surface area (Å²) in [5.41, 5.74) is -0.396. The highest BCUT2D eigenvalue weighted by molar-refractivity contribution is 5.91. The Labute approximate surface area is 126 Å². The van der Waals surface area contributed by atoms with Gasteiger partial charge in [-0.25, -0.2) is 0 Å². The highest BCUT2D eigenvalue weighted by atomic mass is 16.4. The summed E-state index contributed by atoms with van der Waals surface area (Å²) in [6.45, 7) is 8.74. The number of amides is 1. The highest BCUT2D eigenvalue weighted by Gasteiger charge is 2.67. The van der Waals surface area contributed by atoms with Crippen LogP contribution in [0.4, 0.5) is 0 Å². The second kappa shape index (κ2) is 4.97. The molecule has 2 unspecified atom stereocenters. The normalized spacial score (nSPS) is 38.7. The SMILES string of the molecule is CC1CN2CCCCC2CN1C(=O)[C@H]1[C@@H](C(=O)O)C1(C)C. The average Bonchev–Trinajstić information content (AvgIpc) is 3.00. The second-order valence-electron chi connectivity index (χ2n) is 7.60. The van der Waals surface area contributed by atoms with E-state index in [9.17, 15) is 14.7 Å². The van der Waals surface area contributed by atoms with Crippen LogP contribution in [0.3, 0.4) is 0 Å². The number of carbonyl (C=O) groups excluding carboxylic acids is 1. The van der Waals surface area contributed by atoms with Gasteiger partial charge in [-0.15, -0.1) is 0 Å². The van der Waals surface area contributed by atoms with Crippen molar-refractivity contribution in [2.75, 3.05) is 19.6 Å². The molecule has 4 atom stereocenters. The number of carbonyl (C=O) groups is 2. The molecular formula is C16H26N2O3. The monoisotopic (exact) mass is 294 g/mol. The number of nitrogens with zero attached hydrogens (tertiary/aromatic N) is 2. The van der Waals surface area contributed by atoms with Crippen LogP contribution < -0.4 is 0 Å². The van der Waals surface area contributed by atoms with Gasteiger partial charge in [0, 0.05) is 25.2 Å². The van der Waals surface area contributed by atoms with Crippen molar-refractivity contribution in [1.29, 1.82) is 0 Å². The minimum atomic E-state index is -0.831. The van der Waals surface area contributed by atoms with Crippen LogP contribution in [-0.4, -0.2) is 58.5 Å². The molecule has 0 radical (unpaired) electrons. The van der Waals surface area contributed by atoms with Crippen LogP contribution in [0.15, 0.2) is 0 Å². The molecule has 21 heavy (non-hydrogen) atoms. The van der Waals surface area contributed by atoms with Crippen LogP contribution in [0.25, 0.3) is 0 Å². The lowest BCUT2D eigenvalue weighted by atomic mass is 9.96. The molecule has 1 amide bonds. The zero-order valence-corrected chi connectivity index (χ0v) is 13.2. The van der Waals surface area contributed by atoms with Crippen LogP contribution in [0.5, 0.6) is 0 Å². The predicted octanol–water partition coefficient (Wildman–Crippen LogP) is 1.43. The molecular weight excluding hydrogens is 268 g/mol. The van der Waals surface area contributed by atoms with E-state index in [1.165, 1.54) is 12.8 Å². The predicted molar refractivity (Wildman–Crippen MR) is 78.8 cm³/mol. The van der Waals surface area contributed by atoms with Gasteiger partial charge in [-0.05, 0) is 31.7 Å². The van der Waals surface area contributed by atoms with E-state index in [0.717, 1.165) is 26.1 Å². The number of carboxylic acids is 1. The summed E-state index contributed by atoms with van der Waals surface area (Å²) >= 11 is 0. The van der Waals surface area contributed by atoms with Crippen LogP contribution in [-0.2, 0) is 9.59 Å². The molecule has 2 saturated heterocycles. The average molecular weight is 294 g/mol. The molecule has 3 fully saturated rings. The van der Waals surface area contributed by atoms with Gasteiger partial charge in [-0.3, -0.25) is 14.5 Å². The third-order valence-corrected chi connectivity index (χ3v) is 5.83. The van der Waals surface area contributed by atoms with Crippen molar-refractivity contribution in [2.45, 2.75) is 52.1 Å². The van der Waals surface area contributed by atoms with Gasteiger partial charge in [0.15, 0.2) is 0 Å². The van der Waals surface area contributed by atoms with Crippen molar-refractivity contribution < 1.29 is 14.7 Å². The van der Waals surface area contributed by atoms with Gasteiger partial charge in [0.2, 0.25) is 5.91 Å². The van der Waals surface area contributed by atoms with Gasteiger partial charge in [0.1, 0.15) is 0 Å². The van der Waals surface area contributed by atoms with E-state index in [1.807, 2.05) is 18.7 Å². The Morgan fingerprint density at radius 1 is 1.14 bits per heavy atom. The first-order chi connectivity index (χ1) is 9.84. The zero-order chi connectivity index (χ0) is 15.4. The van der Waals surface area contributed by atoms with Crippen molar-refractivity contribution in [3.05, 3.63) is 0 Å². The Bertz CT molecular complexity index is 462. The summed E-state index contributed by atoms with van der Waals surface area (Å²) < 4.78 is 0. The quantitative estimate of drug-likeness (QED) is 0.837. The number of hydrogen-bond donors (Lipinski definition) is 1. The lowest BCUT2D eigenvalue weighted by molar-refractivity contribution is -0.144.